The summed E-state index contributed by atoms with van der Waals surface area (Å²) < 4.78 is 5.00. The van der Waals surface area contributed by atoms with E-state index < -0.39 is 6.10 Å². The number of carbonyl (C=O) groups excluding carboxylic acids is 1. The topological polar surface area (TPSA) is 66.8 Å². The number of methoxy groups -OCH3 is 1. The van der Waals surface area contributed by atoms with Gasteiger partial charge >= 0.3 is 0 Å². The molecule has 4 heteroatoms. The summed E-state index contributed by atoms with van der Waals surface area (Å²) in [5.41, 5.74) is 0.934. The molecule has 0 heterocycles. The Bertz CT molecular complexity index is 401. The Balaban J connectivity index is 2.51. The van der Waals surface area contributed by atoms with Gasteiger partial charge in [-0.3, -0.25) is 4.79 Å². The molecule has 0 aliphatic heterocycles. The molecule has 0 saturated heterocycles. The smallest absolute Gasteiger partial charge is 0.160 e. The monoisotopic (exact) mass is 252 g/mol. The van der Waals surface area contributed by atoms with Crippen molar-refractivity contribution in [2.75, 3.05) is 7.11 Å². The number of benzene rings is 1. The number of aryl methyl sites for hydroxylation is 1. The highest BCUT2D eigenvalue weighted by molar-refractivity contribution is 5.79. The number of aromatic hydroxyl groups is 1. The third-order valence-electron chi connectivity index (χ3n) is 2.87. The summed E-state index contributed by atoms with van der Waals surface area (Å²) in [6.07, 6.45) is 1.26. The van der Waals surface area contributed by atoms with Gasteiger partial charge in [-0.2, -0.15) is 0 Å². The van der Waals surface area contributed by atoms with E-state index in [1.807, 2.05) is 6.92 Å². The van der Waals surface area contributed by atoms with E-state index in [0.717, 1.165) is 5.56 Å². The number of hydrogen-bond acceptors (Lipinski definition) is 4. The van der Waals surface area contributed by atoms with Crippen molar-refractivity contribution >= 4 is 5.78 Å². The molecule has 4 nitrogen and oxygen atoms in total. The Morgan fingerprint density at radius 3 is 2.78 bits per heavy atom. The van der Waals surface area contributed by atoms with Crippen LogP contribution in [0.3, 0.4) is 0 Å². The van der Waals surface area contributed by atoms with Gasteiger partial charge in [-0.15, -0.1) is 0 Å². The Morgan fingerprint density at radius 2 is 2.17 bits per heavy atom. The van der Waals surface area contributed by atoms with E-state index in [-0.39, 0.29) is 18.0 Å². The maximum absolute atomic E-state index is 11.6. The molecule has 0 aromatic heterocycles. The number of Topliss-reactive ketones (excluding diaryl/α,β-unsaturated/α-hetero) is 1. The molecule has 18 heavy (non-hydrogen) atoms. The molecule has 0 aliphatic rings. The number of phenolic OH excluding ortho intramolecular Hbond substituents is 1. The summed E-state index contributed by atoms with van der Waals surface area (Å²) in [5.74, 6) is 0.555. The van der Waals surface area contributed by atoms with E-state index in [1.165, 1.54) is 7.11 Å². The van der Waals surface area contributed by atoms with Crippen LogP contribution in [0, 0.1) is 0 Å². The Hall–Kier alpha value is -1.55. The minimum absolute atomic E-state index is 0.0522. The standard InChI is InChI=1S/C14H20O4/c1-3-11(15)9-12(16)6-4-10-5-7-13(17)14(8-10)18-2/h5,7-8,11,15,17H,3-4,6,9H2,1-2H3/t11-/m0/s1. The van der Waals surface area contributed by atoms with Crippen LogP contribution in [-0.2, 0) is 11.2 Å². The molecule has 0 aliphatic carbocycles. The number of ether oxygens (including phenoxy) is 1. The van der Waals surface area contributed by atoms with Crippen molar-refractivity contribution in [1.82, 2.24) is 0 Å². The number of phenols is 1. The minimum atomic E-state index is -0.535. The van der Waals surface area contributed by atoms with E-state index in [1.54, 1.807) is 18.2 Å². The molecule has 0 amide bonds. The minimum Gasteiger partial charge on any atom is -0.504 e. The quantitative estimate of drug-likeness (QED) is 0.779. The lowest BCUT2D eigenvalue weighted by Crippen LogP contribution is -2.12. The van der Waals surface area contributed by atoms with Gasteiger partial charge in [0.1, 0.15) is 5.78 Å². The molecule has 1 rings (SSSR count). The number of rotatable bonds is 7. The zero-order chi connectivity index (χ0) is 13.5. The fourth-order valence-corrected chi connectivity index (χ4v) is 1.67. The van der Waals surface area contributed by atoms with Crippen molar-refractivity contribution in [2.24, 2.45) is 0 Å². The van der Waals surface area contributed by atoms with Gasteiger partial charge in [0.05, 0.1) is 13.2 Å². The van der Waals surface area contributed by atoms with Crippen LogP contribution in [0.1, 0.15) is 31.7 Å². The van der Waals surface area contributed by atoms with Crippen LogP contribution in [0.15, 0.2) is 18.2 Å². The molecule has 0 spiro atoms. The maximum Gasteiger partial charge on any atom is 0.160 e. The van der Waals surface area contributed by atoms with Crippen LogP contribution in [0.2, 0.25) is 0 Å². The Labute approximate surface area is 107 Å². The second-order valence-electron chi connectivity index (χ2n) is 4.31. The zero-order valence-electron chi connectivity index (χ0n) is 10.8. The molecule has 0 fully saturated rings. The third-order valence-corrected chi connectivity index (χ3v) is 2.87. The van der Waals surface area contributed by atoms with Crippen LogP contribution in [0.25, 0.3) is 0 Å². The second kappa shape index (κ2) is 7.01. The molecule has 0 bridgehead atoms. The highest BCUT2D eigenvalue weighted by Gasteiger charge is 2.10. The lowest BCUT2D eigenvalue weighted by molar-refractivity contribution is -0.120. The lowest BCUT2D eigenvalue weighted by Gasteiger charge is -2.08. The molecule has 1 aromatic rings. The van der Waals surface area contributed by atoms with Gasteiger partial charge in [-0.05, 0) is 30.5 Å². The van der Waals surface area contributed by atoms with Gasteiger partial charge < -0.3 is 14.9 Å². The van der Waals surface area contributed by atoms with Crippen LogP contribution < -0.4 is 4.74 Å². The number of carbonyl (C=O) groups is 1. The highest BCUT2D eigenvalue weighted by atomic mass is 16.5. The fourth-order valence-electron chi connectivity index (χ4n) is 1.67. The number of hydrogen-bond donors (Lipinski definition) is 2. The normalized spacial score (nSPS) is 12.2. The fraction of sp³-hybridized carbons (Fsp3) is 0.500. The highest BCUT2D eigenvalue weighted by Crippen LogP contribution is 2.26. The van der Waals surface area contributed by atoms with E-state index in [2.05, 4.69) is 0 Å². The molecule has 0 saturated carbocycles. The Kier molecular flexibility index (Phi) is 5.65. The third kappa shape index (κ3) is 4.37. The summed E-state index contributed by atoms with van der Waals surface area (Å²) in [6, 6.07) is 5.04. The molecule has 0 radical (unpaired) electrons. The van der Waals surface area contributed by atoms with Crippen molar-refractivity contribution in [2.45, 2.75) is 38.7 Å². The molecule has 1 aromatic carbocycles. The molecular weight excluding hydrogens is 232 g/mol. The van der Waals surface area contributed by atoms with E-state index in [0.29, 0.717) is 25.0 Å². The first kappa shape index (κ1) is 14.5. The van der Waals surface area contributed by atoms with Gasteiger partial charge in [-0.25, -0.2) is 0 Å². The van der Waals surface area contributed by atoms with E-state index in [4.69, 9.17) is 4.74 Å². The van der Waals surface area contributed by atoms with Crippen molar-refractivity contribution in [3.8, 4) is 11.5 Å². The summed E-state index contributed by atoms with van der Waals surface area (Å²) in [5, 5.41) is 18.8. The first-order valence-electron chi connectivity index (χ1n) is 6.12. The summed E-state index contributed by atoms with van der Waals surface area (Å²) in [6.45, 7) is 1.85. The summed E-state index contributed by atoms with van der Waals surface area (Å²) in [7, 11) is 1.49. The van der Waals surface area contributed by atoms with Gasteiger partial charge in [0, 0.05) is 12.8 Å². The van der Waals surface area contributed by atoms with Crippen molar-refractivity contribution < 1.29 is 19.7 Å². The average Bonchev–Trinajstić information content (AvgIpc) is 2.37. The molecule has 2 N–H and O–H groups in total. The predicted molar refractivity (Wildman–Crippen MR) is 68.9 cm³/mol. The van der Waals surface area contributed by atoms with Crippen molar-refractivity contribution in [3.05, 3.63) is 23.8 Å². The maximum atomic E-state index is 11.6. The number of aliphatic hydroxyl groups is 1. The van der Waals surface area contributed by atoms with E-state index in [9.17, 15) is 15.0 Å². The first-order valence-corrected chi connectivity index (χ1v) is 6.12. The molecule has 100 valence electrons. The van der Waals surface area contributed by atoms with Crippen molar-refractivity contribution in [1.29, 1.82) is 0 Å². The second-order valence-corrected chi connectivity index (χ2v) is 4.31. The van der Waals surface area contributed by atoms with Crippen LogP contribution in [0.4, 0.5) is 0 Å². The molecule has 0 unspecified atom stereocenters. The predicted octanol–water partition coefficient (Wildman–Crippen LogP) is 2.06. The van der Waals surface area contributed by atoms with Crippen LogP contribution >= 0.6 is 0 Å². The largest absolute Gasteiger partial charge is 0.504 e. The molecule has 1 atom stereocenters. The van der Waals surface area contributed by atoms with Crippen LogP contribution in [0.5, 0.6) is 11.5 Å². The number of aliphatic hydroxyl groups excluding tert-OH is 1. The van der Waals surface area contributed by atoms with Gasteiger partial charge in [-0.1, -0.05) is 13.0 Å². The summed E-state index contributed by atoms with van der Waals surface area (Å²) >= 11 is 0. The summed E-state index contributed by atoms with van der Waals surface area (Å²) in [4.78, 5) is 11.6. The number of ketones is 1. The van der Waals surface area contributed by atoms with Gasteiger partial charge in [0.25, 0.3) is 0 Å². The lowest BCUT2D eigenvalue weighted by atomic mass is 10.0. The van der Waals surface area contributed by atoms with Gasteiger partial charge in [0.2, 0.25) is 0 Å². The first-order chi connectivity index (χ1) is 8.56. The zero-order valence-corrected chi connectivity index (χ0v) is 10.8. The molecular formula is C14H20O4. The Morgan fingerprint density at radius 1 is 1.44 bits per heavy atom. The van der Waals surface area contributed by atoms with Crippen LogP contribution in [-0.4, -0.2) is 29.2 Å². The average molecular weight is 252 g/mol. The van der Waals surface area contributed by atoms with Crippen molar-refractivity contribution in [3.63, 3.8) is 0 Å². The van der Waals surface area contributed by atoms with Gasteiger partial charge in [0.15, 0.2) is 11.5 Å². The van der Waals surface area contributed by atoms with E-state index >= 15 is 0 Å². The SMILES string of the molecule is CC[C@H](O)CC(=O)CCc1ccc(O)c(OC)c1.